The van der Waals surface area contributed by atoms with Gasteiger partial charge >= 0.3 is 0 Å². The number of hydrogen-bond donors (Lipinski definition) is 0. The van der Waals surface area contributed by atoms with Crippen molar-refractivity contribution < 1.29 is 21.6 Å². The first kappa shape index (κ1) is 18.7. The lowest BCUT2D eigenvalue weighted by atomic mass is 10.3. The molecule has 9 heteroatoms. The third kappa shape index (κ3) is 3.43. The van der Waals surface area contributed by atoms with E-state index in [1.807, 2.05) is 4.90 Å². The molecule has 0 N–H and O–H groups in total. The molecular formula is C19H20FN3O4S. The van der Waals surface area contributed by atoms with Gasteiger partial charge in [-0.15, -0.1) is 0 Å². The van der Waals surface area contributed by atoms with Crippen molar-refractivity contribution in [1.29, 1.82) is 0 Å². The number of sulfone groups is 1. The zero-order chi connectivity index (χ0) is 19.7. The fourth-order valence-corrected chi connectivity index (χ4v) is 4.49. The first-order chi connectivity index (χ1) is 13.5. The molecule has 1 aliphatic heterocycles. The van der Waals surface area contributed by atoms with Gasteiger partial charge in [0.25, 0.3) is 5.89 Å². The Hall–Kier alpha value is -2.65. The number of nitrogens with zero attached hydrogens (tertiary/aromatic N) is 3. The Balaban J connectivity index is 1.78. The molecule has 3 aromatic rings. The van der Waals surface area contributed by atoms with Crippen LogP contribution in [0.3, 0.4) is 0 Å². The van der Waals surface area contributed by atoms with Crippen LogP contribution >= 0.6 is 0 Å². The highest BCUT2D eigenvalue weighted by Crippen LogP contribution is 2.35. The minimum atomic E-state index is -3.99. The second-order valence-electron chi connectivity index (χ2n) is 6.49. The molecule has 0 spiro atoms. The number of aromatic nitrogens is 1. The van der Waals surface area contributed by atoms with Gasteiger partial charge in [0.2, 0.25) is 20.7 Å². The van der Waals surface area contributed by atoms with Crippen LogP contribution in [-0.2, 0) is 9.84 Å². The van der Waals surface area contributed by atoms with Crippen molar-refractivity contribution in [3.63, 3.8) is 0 Å². The van der Waals surface area contributed by atoms with Crippen LogP contribution in [0.5, 0.6) is 0 Å². The van der Waals surface area contributed by atoms with E-state index in [2.05, 4.69) is 16.8 Å². The topological polar surface area (TPSA) is 79.8 Å². The molecule has 2 aromatic heterocycles. The molecule has 0 amide bonds. The summed E-state index contributed by atoms with van der Waals surface area (Å²) in [7, 11) is -3.99. The van der Waals surface area contributed by atoms with Crippen molar-refractivity contribution in [2.75, 3.05) is 37.6 Å². The average Bonchev–Trinajstić information content (AvgIpc) is 3.38. The minimum Gasteiger partial charge on any atom is -0.459 e. The van der Waals surface area contributed by atoms with E-state index in [1.165, 1.54) is 18.4 Å². The molecule has 0 bridgehead atoms. The first-order valence-corrected chi connectivity index (χ1v) is 10.5. The quantitative estimate of drug-likeness (QED) is 0.604. The van der Waals surface area contributed by atoms with E-state index in [9.17, 15) is 12.8 Å². The molecule has 28 heavy (non-hydrogen) atoms. The van der Waals surface area contributed by atoms with E-state index in [0.29, 0.717) is 18.8 Å². The number of furan rings is 1. The van der Waals surface area contributed by atoms with Crippen molar-refractivity contribution in [3.05, 3.63) is 48.5 Å². The summed E-state index contributed by atoms with van der Waals surface area (Å²) in [6.07, 6.45) is 1.47. The number of anilines is 1. The van der Waals surface area contributed by atoms with Gasteiger partial charge in [0.15, 0.2) is 5.76 Å². The summed E-state index contributed by atoms with van der Waals surface area (Å²) in [6.45, 7) is 5.85. The lowest BCUT2D eigenvalue weighted by Crippen LogP contribution is -2.46. The van der Waals surface area contributed by atoms with Gasteiger partial charge in [0.1, 0.15) is 5.82 Å². The number of halogens is 1. The zero-order valence-corrected chi connectivity index (χ0v) is 16.2. The maximum atomic E-state index is 13.3. The highest BCUT2D eigenvalue weighted by molar-refractivity contribution is 7.91. The Labute approximate surface area is 162 Å². The lowest BCUT2D eigenvalue weighted by Gasteiger charge is -2.33. The van der Waals surface area contributed by atoms with Gasteiger partial charge in [-0.1, -0.05) is 6.92 Å². The predicted molar refractivity (Wildman–Crippen MR) is 100 cm³/mol. The van der Waals surface area contributed by atoms with E-state index in [-0.39, 0.29) is 21.7 Å². The smallest absolute Gasteiger partial charge is 0.266 e. The van der Waals surface area contributed by atoms with Crippen molar-refractivity contribution in [3.8, 4) is 11.7 Å². The van der Waals surface area contributed by atoms with Gasteiger partial charge in [0, 0.05) is 26.2 Å². The maximum Gasteiger partial charge on any atom is 0.266 e. The molecule has 1 aliphatic rings. The Morgan fingerprint density at radius 2 is 1.82 bits per heavy atom. The van der Waals surface area contributed by atoms with Crippen LogP contribution in [0.2, 0.25) is 0 Å². The molecule has 148 valence electrons. The summed E-state index contributed by atoms with van der Waals surface area (Å²) < 4.78 is 50.8. The number of oxazole rings is 1. The summed E-state index contributed by atoms with van der Waals surface area (Å²) in [4.78, 5) is 8.35. The van der Waals surface area contributed by atoms with E-state index in [4.69, 9.17) is 8.83 Å². The summed E-state index contributed by atoms with van der Waals surface area (Å²) in [5.74, 6) is 0.116. The molecule has 0 radical (unpaired) electrons. The fraction of sp³-hybridized carbons (Fsp3) is 0.316. The van der Waals surface area contributed by atoms with Crippen molar-refractivity contribution in [2.24, 2.45) is 0 Å². The molecule has 0 aliphatic carbocycles. The van der Waals surface area contributed by atoms with Gasteiger partial charge in [-0.25, -0.2) is 12.8 Å². The lowest BCUT2D eigenvalue weighted by molar-refractivity contribution is 0.266. The largest absolute Gasteiger partial charge is 0.459 e. The maximum absolute atomic E-state index is 13.3. The monoisotopic (exact) mass is 405 g/mol. The molecule has 1 saturated heterocycles. The Morgan fingerprint density at radius 1 is 1.11 bits per heavy atom. The highest BCUT2D eigenvalue weighted by Gasteiger charge is 2.33. The Kier molecular flexibility index (Phi) is 4.94. The van der Waals surface area contributed by atoms with Gasteiger partial charge in [-0.2, -0.15) is 4.98 Å². The van der Waals surface area contributed by atoms with Crippen molar-refractivity contribution in [1.82, 2.24) is 9.88 Å². The van der Waals surface area contributed by atoms with E-state index in [0.717, 1.165) is 31.8 Å². The number of benzene rings is 1. The van der Waals surface area contributed by atoms with Gasteiger partial charge < -0.3 is 18.6 Å². The van der Waals surface area contributed by atoms with Gasteiger partial charge in [0.05, 0.1) is 11.2 Å². The molecule has 0 unspecified atom stereocenters. The second-order valence-corrected chi connectivity index (χ2v) is 8.35. The molecule has 7 nitrogen and oxygen atoms in total. The van der Waals surface area contributed by atoms with Crippen LogP contribution in [0.4, 0.5) is 10.3 Å². The van der Waals surface area contributed by atoms with Gasteiger partial charge in [-0.05, 0) is 42.9 Å². The summed E-state index contributed by atoms with van der Waals surface area (Å²) >= 11 is 0. The third-order valence-corrected chi connectivity index (χ3v) is 6.46. The van der Waals surface area contributed by atoms with Crippen LogP contribution in [0.1, 0.15) is 6.92 Å². The second kappa shape index (κ2) is 7.40. The third-order valence-electron chi connectivity index (χ3n) is 4.80. The van der Waals surface area contributed by atoms with Crippen LogP contribution < -0.4 is 4.90 Å². The zero-order valence-electron chi connectivity index (χ0n) is 15.3. The highest BCUT2D eigenvalue weighted by atomic mass is 32.2. The van der Waals surface area contributed by atoms with Crippen LogP contribution in [0.15, 0.2) is 61.4 Å². The number of rotatable bonds is 5. The molecule has 0 saturated carbocycles. The van der Waals surface area contributed by atoms with Gasteiger partial charge in [-0.3, -0.25) is 0 Å². The molecule has 1 aromatic carbocycles. The standard InChI is InChI=1S/C19H20FN3O4S/c1-2-22-9-11-23(12-10-22)19-18(21-17(27-19)16-4-3-13-26-16)28(24,25)15-7-5-14(20)6-8-15/h3-8,13H,2,9-12H2,1H3. The van der Waals surface area contributed by atoms with E-state index >= 15 is 0 Å². The average molecular weight is 405 g/mol. The van der Waals surface area contributed by atoms with Crippen molar-refractivity contribution in [2.45, 2.75) is 16.8 Å². The molecule has 0 atom stereocenters. The summed E-state index contributed by atoms with van der Waals surface area (Å²) in [6, 6.07) is 8.00. The van der Waals surface area contributed by atoms with Crippen LogP contribution in [0.25, 0.3) is 11.7 Å². The number of piperazine rings is 1. The first-order valence-electron chi connectivity index (χ1n) is 9.01. The van der Waals surface area contributed by atoms with E-state index < -0.39 is 15.7 Å². The molecular weight excluding hydrogens is 385 g/mol. The van der Waals surface area contributed by atoms with Crippen molar-refractivity contribution >= 4 is 15.7 Å². The minimum absolute atomic E-state index is 0.0401. The van der Waals surface area contributed by atoms with E-state index in [1.54, 1.807) is 12.1 Å². The summed E-state index contributed by atoms with van der Waals surface area (Å²) in [5, 5.41) is -0.185. The number of hydrogen-bond acceptors (Lipinski definition) is 7. The Bertz CT molecular complexity index is 1040. The molecule has 4 rings (SSSR count). The van der Waals surface area contributed by atoms with Crippen LogP contribution in [-0.4, -0.2) is 51.0 Å². The normalized spacial score (nSPS) is 15.9. The fourth-order valence-electron chi connectivity index (χ4n) is 3.17. The SMILES string of the molecule is CCN1CCN(c2oc(-c3ccco3)nc2S(=O)(=O)c2ccc(F)cc2)CC1. The molecule has 3 heterocycles. The predicted octanol–water partition coefficient (Wildman–Crippen LogP) is 3.05. The summed E-state index contributed by atoms with van der Waals surface area (Å²) in [5.41, 5.74) is 0. The Morgan fingerprint density at radius 3 is 2.43 bits per heavy atom. The number of likely N-dealkylation sites (N-methyl/N-ethyl adjacent to an activating group) is 1. The molecule has 1 fully saturated rings. The van der Waals surface area contributed by atoms with Crippen LogP contribution in [0, 0.1) is 5.82 Å².